The van der Waals surface area contributed by atoms with E-state index in [4.69, 9.17) is 10.1 Å². The first-order valence-corrected chi connectivity index (χ1v) is 13.9. The van der Waals surface area contributed by atoms with E-state index in [9.17, 15) is 4.79 Å². The van der Waals surface area contributed by atoms with Crippen LogP contribution >= 0.6 is 0 Å². The quantitative estimate of drug-likeness (QED) is 0.362. The van der Waals surface area contributed by atoms with E-state index >= 15 is 0 Å². The van der Waals surface area contributed by atoms with E-state index < -0.39 is 0 Å². The number of aromatic nitrogens is 4. The van der Waals surface area contributed by atoms with Gasteiger partial charge in [-0.15, -0.1) is 10.2 Å². The second kappa shape index (κ2) is 10.1. The fraction of sp³-hybridized carbons (Fsp3) is 0.467. The molecule has 1 aliphatic carbocycles. The lowest BCUT2D eigenvalue weighted by atomic mass is 9.89. The molecule has 2 aromatic carbocycles. The lowest BCUT2D eigenvalue weighted by molar-refractivity contribution is -0.135. The molecule has 0 radical (unpaired) electrons. The molecule has 192 valence electrons. The Morgan fingerprint density at radius 2 is 1.73 bits per heavy atom. The van der Waals surface area contributed by atoms with Crippen molar-refractivity contribution in [1.82, 2.24) is 24.5 Å². The Bertz CT molecular complexity index is 1390. The molecule has 7 nitrogen and oxygen atoms in total. The van der Waals surface area contributed by atoms with Crippen molar-refractivity contribution in [1.29, 1.82) is 0 Å². The minimum Gasteiger partial charge on any atom is -0.338 e. The van der Waals surface area contributed by atoms with Crippen molar-refractivity contribution in [3.63, 3.8) is 0 Å². The first-order chi connectivity index (χ1) is 18.2. The first kappa shape index (κ1) is 23.9. The molecule has 1 aliphatic heterocycles. The van der Waals surface area contributed by atoms with Crippen molar-refractivity contribution >= 4 is 28.4 Å². The summed E-state index contributed by atoms with van der Waals surface area (Å²) in [4.78, 5) is 23.2. The standard InChI is InChI=1S/C30H36N6O/c1-3-24(22-12-6-4-7-13-22)29(37)35-19-18-34(20-21(35)2)30-31-26-17-11-10-16-25(26)28-33-32-27(36(28)30)23-14-8-5-9-15-23/h4,6-7,10-13,16-17,21,23-24H,3,5,8-9,14-15,18-20H2,1-2H3/t21-,24-/m1/s1. The summed E-state index contributed by atoms with van der Waals surface area (Å²) in [7, 11) is 0. The van der Waals surface area contributed by atoms with Gasteiger partial charge in [-0.3, -0.25) is 4.79 Å². The molecule has 0 spiro atoms. The normalized spacial score (nSPS) is 20.0. The van der Waals surface area contributed by atoms with E-state index in [2.05, 4.69) is 57.4 Å². The number of benzene rings is 2. The van der Waals surface area contributed by atoms with Gasteiger partial charge in [0.1, 0.15) is 5.82 Å². The molecule has 0 bridgehead atoms. The topological polar surface area (TPSA) is 66.6 Å². The molecule has 4 aromatic rings. The van der Waals surface area contributed by atoms with Gasteiger partial charge < -0.3 is 9.80 Å². The zero-order valence-corrected chi connectivity index (χ0v) is 21.9. The summed E-state index contributed by atoms with van der Waals surface area (Å²) in [5.74, 6) is 2.50. The molecule has 2 aromatic heterocycles. The van der Waals surface area contributed by atoms with E-state index in [1.807, 2.05) is 30.3 Å². The summed E-state index contributed by atoms with van der Waals surface area (Å²) < 4.78 is 2.22. The molecule has 1 saturated carbocycles. The minimum absolute atomic E-state index is 0.0805. The Hall–Kier alpha value is -3.48. The molecular weight excluding hydrogens is 460 g/mol. The number of amides is 1. The molecule has 3 heterocycles. The first-order valence-electron chi connectivity index (χ1n) is 13.9. The van der Waals surface area contributed by atoms with Crippen LogP contribution in [0, 0.1) is 0 Å². The second-order valence-corrected chi connectivity index (χ2v) is 10.7. The van der Waals surface area contributed by atoms with Gasteiger partial charge in [0.25, 0.3) is 0 Å². The van der Waals surface area contributed by atoms with Crippen molar-refractivity contribution < 1.29 is 4.79 Å². The van der Waals surface area contributed by atoms with E-state index in [1.165, 1.54) is 19.3 Å². The number of carbonyl (C=O) groups excluding carboxylic acids is 1. The van der Waals surface area contributed by atoms with Gasteiger partial charge in [-0.2, -0.15) is 0 Å². The van der Waals surface area contributed by atoms with E-state index in [1.54, 1.807) is 0 Å². The number of hydrogen-bond acceptors (Lipinski definition) is 5. The Morgan fingerprint density at radius 3 is 2.49 bits per heavy atom. The van der Waals surface area contributed by atoms with Gasteiger partial charge in [0.05, 0.1) is 11.4 Å². The van der Waals surface area contributed by atoms with Crippen molar-refractivity contribution in [2.75, 3.05) is 24.5 Å². The maximum absolute atomic E-state index is 13.7. The van der Waals surface area contributed by atoms with Gasteiger partial charge in [-0.05, 0) is 43.9 Å². The minimum atomic E-state index is -0.101. The summed E-state index contributed by atoms with van der Waals surface area (Å²) in [5.41, 5.74) is 2.93. The predicted octanol–water partition coefficient (Wildman–Crippen LogP) is 5.56. The summed E-state index contributed by atoms with van der Waals surface area (Å²) in [6.45, 7) is 6.42. The van der Waals surface area contributed by atoms with Crippen LogP contribution < -0.4 is 4.90 Å². The average molecular weight is 497 g/mol. The Morgan fingerprint density at radius 1 is 0.973 bits per heavy atom. The molecule has 0 unspecified atom stereocenters. The molecule has 7 heteroatoms. The molecular formula is C30H36N6O. The van der Waals surface area contributed by atoms with E-state index in [-0.39, 0.29) is 17.9 Å². The van der Waals surface area contributed by atoms with Crippen molar-refractivity contribution in [3.05, 3.63) is 66.0 Å². The molecule has 1 saturated heterocycles. The van der Waals surface area contributed by atoms with Gasteiger partial charge >= 0.3 is 0 Å². The van der Waals surface area contributed by atoms with Crippen LogP contribution in [0.2, 0.25) is 0 Å². The Balaban J connectivity index is 1.33. The Kier molecular flexibility index (Phi) is 6.53. The van der Waals surface area contributed by atoms with Crippen LogP contribution in [0.3, 0.4) is 0 Å². The molecule has 2 atom stereocenters. The fourth-order valence-corrected chi connectivity index (χ4v) is 6.33. The number of rotatable bonds is 5. The van der Waals surface area contributed by atoms with Crippen LogP contribution in [0.15, 0.2) is 54.6 Å². The fourth-order valence-electron chi connectivity index (χ4n) is 6.33. The molecule has 1 amide bonds. The van der Waals surface area contributed by atoms with Crippen LogP contribution in [-0.2, 0) is 4.79 Å². The van der Waals surface area contributed by atoms with Crippen molar-refractivity contribution in [3.8, 4) is 0 Å². The zero-order valence-electron chi connectivity index (χ0n) is 21.9. The van der Waals surface area contributed by atoms with Crippen LogP contribution in [0.5, 0.6) is 0 Å². The van der Waals surface area contributed by atoms with Gasteiger partial charge in [-0.25, -0.2) is 9.38 Å². The number of nitrogens with zero attached hydrogens (tertiary/aromatic N) is 6. The van der Waals surface area contributed by atoms with Crippen LogP contribution in [0.1, 0.15) is 75.6 Å². The van der Waals surface area contributed by atoms with Gasteiger partial charge in [0, 0.05) is 37.0 Å². The monoisotopic (exact) mass is 496 g/mol. The maximum Gasteiger partial charge on any atom is 0.230 e. The van der Waals surface area contributed by atoms with Gasteiger partial charge in [0.15, 0.2) is 5.65 Å². The largest absolute Gasteiger partial charge is 0.338 e. The van der Waals surface area contributed by atoms with Crippen molar-refractivity contribution in [2.45, 2.75) is 70.3 Å². The highest BCUT2D eigenvalue weighted by Crippen LogP contribution is 2.35. The number of carbonyl (C=O) groups is 1. The maximum atomic E-state index is 13.7. The number of piperazine rings is 1. The average Bonchev–Trinajstić information content (AvgIpc) is 3.40. The number of anilines is 1. The Labute approximate surface area is 218 Å². The molecule has 6 rings (SSSR count). The highest BCUT2D eigenvalue weighted by molar-refractivity contribution is 5.92. The van der Waals surface area contributed by atoms with Crippen LogP contribution in [-0.4, -0.2) is 56.1 Å². The molecule has 2 fully saturated rings. The molecule has 2 aliphatic rings. The smallest absolute Gasteiger partial charge is 0.230 e. The van der Waals surface area contributed by atoms with E-state index in [0.717, 1.165) is 66.2 Å². The van der Waals surface area contributed by atoms with Crippen molar-refractivity contribution in [2.24, 2.45) is 0 Å². The van der Waals surface area contributed by atoms with E-state index in [0.29, 0.717) is 12.5 Å². The highest BCUT2D eigenvalue weighted by atomic mass is 16.2. The number of fused-ring (bicyclic) bond motifs is 3. The second-order valence-electron chi connectivity index (χ2n) is 10.7. The summed E-state index contributed by atoms with van der Waals surface area (Å²) >= 11 is 0. The summed E-state index contributed by atoms with van der Waals surface area (Å²) in [6.07, 6.45) is 6.90. The zero-order chi connectivity index (χ0) is 25.4. The number of para-hydroxylation sites is 1. The van der Waals surface area contributed by atoms with Crippen LogP contribution in [0.4, 0.5) is 5.95 Å². The predicted molar refractivity (Wildman–Crippen MR) is 147 cm³/mol. The molecule has 37 heavy (non-hydrogen) atoms. The lowest BCUT2D eigenvalue weighted by Gasteiger charge is -2.42. The lowest BCUT2D eigenvalue weighted by Crippen LogP contribution is -2.55. The SMILES string of the molecule is CC[C@@H](C(=O)N1CCN(c2nc3ccccc3c3nnc(C4CCCCC4)n23)C[C@H]1C)c1ccccc1. The summed E-state index contributed by atoms with van der Waals surface area (Å²) in [5, 5.41) is 10.5. The molecule has 0 N–H and O–H groups in total. The highest BCUT2D eigenvalue weighted by Gasteiger charge is 2.34. The van der Waals surface area contributed by atoms with Gasteiger partial charge in [-0.1, -0.05) is 68.7 Å². The third kappa shape index (κ3) is 4.34. The van der Waals surface area contributed by atoms with Gasteiger partial charge in [0.2, 0.25) is 11.9 Å². The third-order valence-corrected chi connectivity index (χ3v) is 8.33. The summed E-state index contributed by atoms with van der Waals surface area (Å²) in [6, 6.07) is 18.5. The third-order valence-electron chi connectivity index (χ3n) is 8.33. The van der Waals surface area contributed by atoms with Crippen LogP contribution in [0.25, 0.3) is 16.6 Å². The number of hydrogen-bond donors (Lipinski definition) is 0.